The van der Waals surface area contributed by atoms with Crippen LogP contribution in [0.4, 0.5) is 15.8 Å². The molecule has 168 valence electrons. The van der Waals surface area contributed by atoms with Gasteiger partial charge in [-0.05, 0) is 55.2 Å². The molecule has 5 nitrogen and oxygen atoms in total. The maximum absolute atomic E-state index is 13.4. The van der Waals surface area contributed by atoms with Crippen LogP contribution in [-0.2, 0) is 16.0 Å². The summed E-state index contributed by atoms with van der Waals surface area (Å²) in [6, 6.07) is 23.3. The fourth-order valence-corrected chi connectivity index (χ4v) is 3.89. The summed E-state index contributed by atoms with van der Waals surface area (Å²) >= 11 is 0. The summed E-state index contributed by atoms with van der Waals surface area (Å²) in [6.07, 6.45) is 1.69. The van der Waals surface area contributed by atoms with Crippen molar-refractivity contribution in [2.75, 3.05) is 11.4 Å². The van der Waals surface area contributed by atoms with Crippen molar-refractivity contribution in [3.63, 3.8) is 0 Å². The van der Waals surface area contributed by atoms with Gasteiger partial charge in [-0.2, -0.15) is 0 Å². The van der Waals surface area contributed by atoms with Gasteiger partial charge in [-0.1, -0.05) is 54.6 Å². The van der Waals surface area contributed by atoms with Crippen molar-refractivity contribution in [3.8, 4) is 0 Å². The molecule has 3 aromatic rings. The Morgan fingerprint density at radius 2 is 1.73 bits per heavy atom. The average Bonchev–Trinajstić information content (AvgIpc) is 2.95. The number of anilines is 1. The summed E-state index contributed by atoms with van der Waals surface area (Å²) in [5.41, 5.74) is 3.65. The minimum absolute atomic E-state index is 0.0250. The smallest absolute Gasteiger partial charge is 0.240 e. The van der Waals surface area contributed by atoms with Gasteiger partial charge in [0.1, 0.15) is 12.4 Å². The molecule has 1 aliphatic rings. The Morgan fingerprint density at radius 3 is 2.48 bits per heavy atom. The summed E-state index contributed by atoms with van der Waals surface area (Å²) < 4.78 is 13.4. The molecule has 6 heteroatoms. The van der Waals surface area contributed by atoms with Crippen LogP contribution in [0.2, 0.25) is 0 Å². The number of benzene rings is 3. The predicted octanol–water partition coefficient (Wildman–Crippen LogP) is 4.82. The van der Waals surface area contributed by atoms with Crippen molar-refractivity contribution in [1.82, 2.24) is 5.32 Å². The fraction of sp³-hybridized carbons (Fsp3) is 0.222. The summed E-state index contributed by atoms with van der Waals surface area (Å²) in [7, 11) is 0. The maximum atomic E-state index is 13.4. The van der Waals surface area contributed by atoms with Crippen molar-refractivity contribution in [2.24, 2.45) is 4.99 Å². The van der Waals surface area contributed by atoms with Gasteiger partial charge in [0.15, 0.2) is 0 Å². The molecule has 1 heterocycles. The Kier molecular flexibility index (Phi) is 6.93. The first kappa shape index (κ1) is 22.4. The third-order valence-electron chi connectivity index (χ3n) is 5.64. The van der Waals surface area contributed by atoms with E-state index in [4.69, 9.17) is 0 Å². The number of hydrogen-bond acceptors (Lipinski definition) is 3. The highest BCUT2D eigenvalue weighted by Gasteiger charge is 2.27. The highest BCUT2D eigenvalue weighted by atomic mass is 19.1. The Balaban J connectivity index is 1.45. The van der Waals surface area contributed by atoms with Crippen molar-refractivity contribution >= 4 is 28.9 Å². The molecule has 0 radical (unpaired) electrons. The van der Waals surface area contributed by atoms with E-state index >= 15 is 0 Å². The molecule has 0 saturated heterocycles. The van der Waals surface area contributed by atoms with E-state index in [1.807, 2.05) is 43.3 Å². The van der Waals surface area contributed by atoms with E-state index in [-0.39, 0.29) is 36.6 Å². The predicted molar refractivity (Wildman–Crippen MR) is 128 cm³/mol. The van der Waals surface area contributed by atoms with Crippen molar-refractivity contribution in [1.29, 1.82) is 0 Å². The topological polar surface area (TPSA) is 61.8 Å². The molecular weight excluding hydrogens is 417 g/mol. The van der Waals surface area contributed by atoms with Crippen LogP contribution < -0.4 is 10.2 Å². The van der Waals surface area contributed by atoms with Gasteiger partial charge in [-0.15, -0.1) is 0 Å². The van der Waals surface area contributed by atoms with Gasteiger partial charge in [0.2, 0.25) is 11.8 Å². The van der Waals surface area contributed by atoms with Crippen LogP contribution in [0.1, 0.15) is 30.9 Å². The van der Waals surface area contributed by atoms with Crippen LogP contribution in [-0.4, -0.2) is 30.1 Å². The summed E-state index contributed by atoms with van der Waals surface area (Å²) in [5, 5.41) is 3.01. The van der Waals surface area contributed by atoms with Crippen LogP contribution in [0.15, 0.2) is 83.9 Å². The van der Waals surface area contributed by atoms with Gasteiger partial charge in [0.05, 0.1) is 23.5 Å². The van der Waals surface area contributed by atoms with E-state index in [1.165, 1.54) is 22.6 Å². The third kappa shape index (κ3) is 5.71. The van der Waals surface area contributed by atoms with Gasteiger partial charge >= 0.3 is 0 Å². The number of aryl methyl sites for hydroxylation is 1. The Bertz CT molecular complexity index is 1160. The fourth-order valence-electron chi connectivity index (χ4n) is 3.89. The summed E-state index contributed by atoms with van der Waals surface area (Å²) in [5.74, 6) is -0.793. The standard InChI is InChI=1S/C27H26FN3O2/c1-19(11-12-20-7-3-2-4-8-20)29-26(32)18-31-25-10-6-5-9-23(25)30-24(17-27(31)33)21-13-15-22(28)16-14-21/h2-10,13-16,19H,11-12,17-18H2,1H3,(H,29,32)/t19-/m0/s1. The maximum Gasteiger partial charge on any atom is 0.240 e. The largest absolute Gasteiger partial charge is 0.352 e. The van der Waals surface area contributed by atoms with Crippen LogP contribution in [0.25, 0.3) is 0 Å². The normalized spacial score (nSPS) is 14.2. The van der Waals surface area contributed by atoms with Crippen LogP contribution in [0.5, 0.6) is 0 Å². The third-order valence-corrected chi connectivity index (χ3v) is 5.64. The molecule has 4 rings (SSSR count). The lowest BCUT2D eigenvalue weighted by molar-refractivity contribution is -0.123. The molecule has 33 heavy (non-hydrogen) atoms. The quantitative estimate of drug-likeness (QED) is 0.569. The highest BCUT2D eigenvalue weighted by Crippen LogP contribution is 2.32. The molecule has 2 amide bonds. The lowest BCUT2D eigenvalue weighted by Crippen LogP contribution is -2.43. The van der Waals surface area contributed by atoms with E-state index in [1.54, 1.807) is 18.2 Å². The first-order valence-corrected chi connectivity index (χ1v) is 11.1. The number of carbonyl (C=O) groups excluding carboxylic acids is 2. The number of aliphatic imine (C=N–C) groups is 1. The number of fused-ring (bicyclic) bond motifs is 1. The number of halogens is 1. The van der Waals surface area contributed by atoms with E-state index in [0.29, 0.717) is 22.6 Å². The van der Waals surface area contributed by atoms with Crippen molar-refractivity contribution in [3.05, 3.63) is 95.8 Å². The first-order chi connectivity index (χ1) is 16.0. The van der Waals surface area contributed by atoms with Crippen LogP contribution in [0, 0.1) is 5.82 Å². The molecule has 0 fully saturated rings. The van der Waals surface area contributed by atoms with E-state index in [9.17, 15) is 14.0 Å². The monoisotopic (exact) mass is 443 g/mol. The molecule has 1 N–H and O–H groups in total. The molecule has 0 unspecified atom stereocenters. The summed E-state index contributed by atoms with van der Waals surface area (Å²) in [4.78, 5) is 32.1. The second kappa shape index (κ2) is 10.2. The number of amides is 2. The molecule has 0 saturated carbocycles. The second-order valence-electron chi connectivity index (χ2n) is 8.20. The Labute approximate surface area is 193 Å². The van der Waals surface area contributed by atoms with Gasteiger partial charge in [-0.25, -0.2) is 4.39 Å². The van der Waals surface area contributed by atoms with E-state index in [0.717, 1.165) is 12.8 Å². The van der Waals surface area contributed by atoms with Crippen LogP contribution in [0.3, 0.4) is 0 Å². The number of carbonyl (C=O) groups is 2. The SMILES string of the molecule is C[C@@H](CCc1ccccc1)NC(=O)CN1C(=O)CC(c2ccc(F)cc2)=Nc2ccccc21. The second-order valence-corrected chi connectivity index (χ2v) is 8.20. The number of para-hydroxylation sites is 2. The minimum Gasteiger partial charge on any atom is -0.352 e. The van der Waals surface area contributed by atoms with Gasteiger partial charge in [0.25, 0.3) is 0 Å². The molecule has 1 atom stereocenters. The molecule has 0 aliphatic carbocycles. The number of rotatable bonds is 7. The van der Waals surface area contributed by atoms with E-state index in [2.05, 4.69) is 22.4 Å². The molecule has 0 aromatic heterocycles. The van der Waals surface area contributed by atoms with Crippen molar-refractivity contribution in [2.45, 2.75) is 32.2 Å². The minimum atomic E-state index is -0.348. The lowest BCUT2D eigenvalue weighted by atomic mass is 10.1. The Hall–Kier alpha value is -3.80. The van der Waals surface area contributed by atoms with Gasteiger partial charge in [0, 0.05) is 6.04 Å². The zero-order chi connectivity index (χ0) is 23.2. The molecular formula is C27H26FN3O2. The van der Waals surface area contributed by atoms with E-state index < -0.39 is 0 Å². The molecule has 0 bridgehead atoms. The summed E-state index contributed by atoms with van der Waals surface area (Å²) in [6.45, 7) is 1.88. The molecule has 1 aliphatic heterocycles. The Morgan fingerprint density at radius 1 is 1.03 bits per heavy atom. The molecule has 3 aromatic carbocycles. The lowest BCUT2D eigenvalue weighted by Gasteiger charge is -2.23. The van der Waals surface area contributed by atoms with Gasteiger partial charge < -0.3 is 10.2 Å². The van der Waals surface area contributed by atoms with Gasteiger partial charge in [-0.3, -0.25) is 14.6 Å². The number of hydrogen-bond donors (Lipinski definition) is 1. The number of nitrogens with zero attached hydrogens (tertiary/aromatic N) is 2. The van der Waals surface area contributed by atoms with Crippen LogP contribution >= 0.6 is 0 Å². The molecule has 0 spiro atoms. The highest BCUT2D eigenvalue weighted by molar-refractivity contribution is 6.18. The van der Waals surface area contributed by atoms with Crippen molar-refractivity contribution < 1.29 is 14.0 Å². The zero-order valence-corrected chi connectivity index (χ0v) is 18.5. The average molecular weight is 444 g/mol. The zero-order valence-electron chi connectivity index (χ0n) is 18.5. The first-order valence-electron chi connectivity index (χ1n) is 11.1. The number of nitrogens with one attached hydrogen (secondary N) is 1.